The number of hydrogen-bond donors (Lipinski definition) is 3. The van der Waals surface area contributed by atoms with Crippen molar-refractivity contribution in [2.24, 2.45) is 5.92 Å². The molecule has 0 radical (unpaired) electrons. The Balaban J connectivity index is 1.39. The molecule has 4 rings (SSSR count). The standard InChI is InChI=1S/C25H28N2O5/c1-2-16(13-22(28)29)26-24(30)23(15-11-12-15)27-25(31)32-14-21-19-9-5-3-7-17(19)18-8-4-6-10-20(18)21/h3-10,15-16,21,23H,2,11-14H2,1H3,(H,26,30)(H,27,31)(H,28,29). The predicted molar refractivity (Wildman–Crippen MR) is 119 cm³/mol. The lowest BCUT2D eigenvalue weighted by atomic mass is 9.98. The molecule has 2 unspecified atom stereocenters. The fourth-order valence-corrected chi connectivity index (χ4v) is 4.39. The maximum absolute atomic E-state index is 12.7. The molecule has 7 nitrogen and oxygen atoms in total. The van der Waals surface area contributed by atoms with Crippen molar-refractivity contribution >= 4 is 18.0 Å². The van der Waals surface area contributed by atoms with Crippen LogP contribution in [0, 0.1) is 5.92 Å². The number of carboxylic acid groups (broad SMARTS) is 1. The van der Waals surface area contributed by atoms with E-state index in [0.29, 0.717) is 6.42 Å². The smallest absolute Gasteiger partial charge is 0.407 e. The minimum absolute atomic E-state index is 0.0535. The zero-order valence-corrected chi connectivity index (χ0v) is 18.0. The number of fused-ring (bicyclic) bond motifs is 3. The van der Waals surface area contributed by atoms with Crippen LogP contribution in [0.1, 0.15) is 49.7 Å². The summed E-state index contributed by atoms with van der Waals surface area (Å²) in [6.07, 6.45) is 1.41. The van der Waals surface area contributed by atoms with Gasteiger partial charge in [0.05, 0.1) is 6.42 Å². The molecule has 1 saturated carbocycles. The maximum atomic E-state index is 12.7. The van der Waals surface area contributed by atoms with Crippen molar-refractivity contribution in [1.29, 1.82) is 0 Å². The predicted octanol–water partition coefficient (Wildman–Crippen LogP) is 3.67. The number of benzene rings is 2. The molecule has 168 valence electrons. The van der Waals surface area contributed by atoms with Gasteiger partial charge < -0.3 is 20.5 Å². The first-order valence-corrected chi connectivity index (χ1v) is 11.1. The van der Waals surface area contributed by atoms with E-state index in [1.54, 1.807) is 0 Å². The van der Waals surface area contributed by atoms with Crippen LogP contribution in [0.2, 0.25) is 0 Å². The van der Waals surface area contributed by atoms with Crippen molar-refractivity contribution in [2.75, 3.05) is 6.61 Å². The van der Waals surface area contributed by atoms with Gasteiger partial charge in [0.1, 0.15) is 12.6 Å². The molecule has 0 aliphatic heterocycles. The first kappa shape index (κ1) is 21.9. The molecule has 0 aromatic heterocycles. The van der Waals surface area contributed by atoms with Gasteiger partial charge in [-0.05, 0) is 47.4 Å². The molecule has 32 heavy (non-hydrogen) atoms. The number of carboxylic acids is 1. The summed E-state index contributed by atoms with van der Waals surface area (Å²) < 4.78 is 5.57. The van der Waals surface area contributed by atoms with Crippen LogP contribution in [-0.4, -0.2) is 41.8 Å². The van der Waals surface area contributed by atoms with Crippen molar-refractivity contribution in [3.05, 3.63) is 59.7 Å². The third-order valence-corrected chi connectivity index (χ3v) is 6.25. The number of alkyl carbamates (subject to hydrolysis) is 1. The van der Waals surface area contributed by atoms with Crippen LogP contribution >= 0.6 is 0 Å². The van der Waals surface area contributed by atoms with Gasteiger partial charge in [0.25, 0.3) is 0 Å². The molecule has 7 heteroatoms. The Morgan fingerprint density at radius 2 is 1.59 bits per heavy atom. The Labute approximate surface area is 187 Å². The molecule has 0 bridgehead atoms. The van der Waals surface area contributed by atoms with E-state index in [1.807, 2.05) is 31.2 Å². The lowest BCUT2D eigenvalue weighted by Gasteiger charge is -2.22. The van der Waals surface area contributed by atoms with Gasteiger partial charge in [0, 0.05) is 12.0 Å². The minimum atomic E-state index is -0.968. The highest BCUT2D eigenvalue weighted by Gasteiger charge is 2.38. The molecular formula is C25H28N2O5. The molecule has 2 aromatic rings. The fraction of sp³-hybridized carbons (Fsp3) is 0.400. The Morgan fingerprint density at radius 1 is 1.00 bits per heavy atom. The highest BCUT2D eigenvalue weighted by molar-refractivity contribution is 5.87. The van der Waals surface area contributed by atoms with Crippen LogP contribution in [0.15, 0.2) is 48.5 Å². The van der Waals surface area contributed by atoms with E-state index >= 15 is 0 Å². The molecule has 2 atom stereocenters. The third kappa shape index (κ3) is 4.77. The highest BCUT2D eigenvalue weighted by atomic mass is 16.5. The minimum Gasteiger partial charge on any atom is -0.481 e. The molecule has 0 saturated heterocycles. The summed E-state index contributed by atoms with van der Waals surface area (Å²) in [5.41, 5.74) is 4.54. The quantitative estimate of drug-likeness (QED) is 0.556. The monoisotopic (exact) mass is 436 g/mol. The summed E-state index contributed by atoms with van der Waals surface area (Å²) in [6.45, 7) is 1.99. The number of ether oxygens (including phenoxy) is 1. The Bertz CT molecular complexity index is 971. The molecule has 0 spiro atoms. The lowest BCUT2D eigenvalue weighted by molar-refractivity contribution is -0.137. The van der Waals surface area contributed by atoms with E-state index in [2.05, 4.69) is 34.9 Å². The summed E-state index contributed by atoms with van der Waals surface area (Å²) in [5.74, 6) is -1.32. The second kappa shape index (κ2) is 9.42. The number of carbonyl (C=O) groups is 3. The Kier molecular flexibility index (Phi) is 6.44. The van der Waals surface area contributed by atoms with Gasteiger partial charge >= 0.3 is 12.1 Å². The second-order valence-electron chi connectivity index (χ2n) is 8.50. The molecule has 2 aliphatic carbocycles. The zero-order valence-electron chi connectivity index (χ0n) is 18.0. The molecule has 0 heterocycles. The van der Waals surface area contributed by atoms with Gasteiger partial charge in [-0.25, -0.2) is 4.79 Å². The zero-order chi connectivity index (χ0) is 22.7. The van der Waals surface area contributed by atoms with E-state index in [0.717, 1.165) is 35.1 Å². The van der Waals surface area contributed by atoms with Crippen molar-refractivity contribution < 1.29 is 24.2 Å². The van der Waals surface area contributed by atoms with Gasteiger partial charge in [-0.2, -0.15) is 0 Å². The van der Waals surface area contributed by atoms with E-state index in [-0.39, 0.29) is 30.8 Å². The average molecular weight is 437 g/mol. The summed E-state index contributed by atoms with van der Waals surface area (Å²) in [5, 5.41) is 14.5. The fourth-order valence-electron chi connectivity index (χ4n) is 4.39. The van der Waals surface area contributed by atoms with Crippen LogP contribution in [0.25, 0.3) is 11.1 Å². The molecular weight excluding hydrogens is 408 g/mol. The number of hydrogen-bond acceptors (Lipinski definition) is 4. The van der Waals surface area contributed by atoms with Crippen molar-refractivity contribution in [3.8, 4) is 11.1 Å². The first-order chi connectivity index (χ1) is 15.5. The number of rotatable bonds is 9. The lowest BCUT2D eigenvalue weighted by Crippen LogP contribution is -2.51. The number of aliphatic carboxylic acids is 1. The van der Waals surface area contributed by atoms with Crippen molar-refractivity contribution in [1.82, 2.24) is 10.6 Å². The second-order valence-corrected chi connectivity index (χ2v) is 8.50. The van der Waals surface area contributed by atoms with Gasteiger partial charge in [0.15, 0.2) is 0 Å². The van der Waals surface area contributed by atoms with Crippen LogP contribution < -0.4 is 10.6 Å². The molecule has 2 aliphatic rings. The average Bonchev–Trinajstić information content (AvgIpc) is 3.57. The van der Waals surface area contributed by atoms with Gasteiger partial charge in [-0.1, -0.05) is 55.5 Å². The third-order valence-electron chi connectivity index (χ3n) is 6.25. The number of nitrogens with one attached hydrogen (secondary N) is 2. The van der Waals surface area contributed by atoms with Gasteiger partial charge in [-0.3, -0.25) is 9.59 Å². The van der Waals surface area contributed by atoms with Crippen LogP contribution in [0.5, 0.6) is 0 Å². The van der Waals surface area contributed by atoms with Gasteiger partial charge in [-0.15, -0.1) is 0 Å². The molecule has 2 aromatic carbocycles. The normalized spacial score (nSPS) is 16.4. The molecule has 1 fully saturated rings. The number of carbonyl (C=O) groups excluding carboxylic acids is 2. The molecule has 3 N–H and O–H groups in total. The van der Waals surface area contributed by atoms with Crippen LogP contribution in [0.3, 0.4) is 0 Å². The van der Waals surface area contributed by atoms with E-state index in [1.165, 1.54) is 0 Å². The molecule has 2 amide bonds. The van der Waals surface area contributed by atoms with E-state index < -0.39 is 24.1 Å². The topological polar surface area (TPSA) is 105 Å². The first-order valence-electron chi connectivity index (χ1n) is 11.1. The summed E-state index contributed by atoms with van der Waals surface area (Å²) in [6, 6.07) is 15.0. The van der Waals surface area contributed by atoms with Gasteiger partial charge in [0.2, 0.25) is 5.91 Å². The Hall–Kier alpha value is -3.35. The highest BCUT2D eigenvalue weighted by Crippen LogP contribution is 2.44. The van der Waals surface area contributed by atoms with Crippen molar-refractivity contribution in [3.63, 3.8) is 0 Å². The SMILES string of the molecule is CCC(CC(=O)O)NC(=O)C(NC(=O)OCC1c2ccccc2-c2ccccc21)C1CC1. The van der Waals surface area contributed by atoms with E-state index in [4.69, 9.17) is 9.84 Å². The summed E-state index contributed by atoms with van der Waals surface area (Å²) >= 11 is 0. The van der Waals surface area contributed by atoms with Crippen LogP contribution in [-0.2, 0) is 14.3 Å². The summed E-state index contributed by atoms with van der Waals surface area (Å²) in [7, 11) is 0. The van der Waals surface area contributed by atoms with Crippen LogP contribution in [0.4, 0.5) is 4.79 Å². The largest absolute Gasteiger partial charge is 0.481 e. The summed E-state index contributed by atoms with van der Waals surface area (Å²) in [4.78, 5) is 36.3. The van der Waals surface area contributed by atoms with Crippen molar-refractivity contribution in [2.45, 2.75) is 50.6 Å². The number of amides is 2. The van der Waals surface area contributed by atoms with E-state index in [9.17, 15) is 14.4 Å². The Morgan fingerprint density at radius 3 is 2.12 bits per heavy atom. The maximum Gasteiger partial charge on any atom is 0.407 e.